The van der Waals surface area contributed by atoms with Gasteiger partial charge in [-0.15, -0.1) is 0 Å². The molecule has 0 amide bonds. The molecule has 7 heteroatoms. The first-order chi connectivity index (χ1) is 13.9. The fraction of sp³-hybridized carbons (Fsp3) is 0.500. The lowest BCUT2D eigenvalue weighted by atomic mass is 9.92. The maximum absolute atomic E-state index is 6.17. The van der Waals surface area contributed by atoms with E-state index >= 15 is 0 Å². The summed E-state index contributed by atoms with van der Waals surface area (Å²) in [6.45, 7) is 7.22. The number of nitrogens with one attached hydrogen (secondary N) is 1. The van der Waals surface area contributed by atoms with Crippen LogP contribution in [0.15, 0.2) is 23.3 Å². The highest BCUT2D eigenvalue weighted by molar-refractivity contribution is 6.31. The van der Waals surface area contributed by atoms with Crippen molar-refractivity contribution in [1.82, 2.24) is 14.9 Å². The molecule has 0 radical (unpaired) electrons. The Morgan fingerprint density at radius 2 is 2.07 bits per heavy atom. The van der Waals surface area contributed by atoms with Crippen molar-refractivity contribution < 1.29 is 0 Å². The summed E-state index contributed by atoms with van der Waals surface area (Å²) in [6, 6.07) is 3.55. The molecule has 0 bridgehead atoms. The largest absolute Gasteiger partial charge is 0.397 e. The second-order valence-electron chi connectivity index (χ2n) is 7.92. The molecule has 1 fully saturated rings. The number of aliphatic imine (C=N–C) groups is 1. The standard InChI is InChI=1S/C22H31ClN6/c1-15-19(23)6-7-20(24)21(15)26-13-18-14-27-22(28-16(18)2)25-10-4-5-17-8-11-29(3)12-9-17/h6-7,13-14,17H,4-5,8-12,24H2,1-3H3,(H,25,27,28). The first kappa shape index (κ1) is 21.5. The number of nitrogens with zero attached hydrogens (tertiary/aromatic N) is 4. The van der Waals surface area contributed by atoms with Gasteiger partial charge in [0.1, 0.15) is 0 Å². The lowest BCUT2D eigenvalue weighted by molar-refractivity contribution is 0.211. The molecule has 1 aromatic carbocycles. The topological polar surface area (TPSA) is 79.4 Å². The van der Waals surface area contributed by atoms with Crippen molar-refractivity contribution in [2.45, 2.75) is 39.5 Å². The molecule has 1 aliphatic rings. The number of benzene rings is 1. The van der Waals surface area contributed by atoms with Crippen molar-refractivity contribution in [3.8, 4) is 0 Å². The van der Waals surface area contributed by atoms with Crippen molar-refractivity contribution in [3.05, 3.63) is 40.2 Å². The van der Waals surface area contributed by atoms with E-state index in [0.717, 1.165) is 35.7 Å². The normalized spacial score (nSPS) is 15.9. The highest BCUT2D eigenvalue weighted by Gasteiger charge is 2.15. The molecule has 6 nitrogen and oxygen atoms in total. The molecular weight excluding hydrogens is 384 g/mol. The fourth-order valence-electron chi connectivity index (χ4n) is 3.63. The number of rotatable bonds is 7. The van der Waals surface area contributed by atoms with Crippen LogP contribution in [-0.2, 0) is 0 Å². The lowest BCUT2D eigenvalue weighted by Gasteiger charge is -2.28. The molecule has 0 unspecified atom stereocenters. The number of nitrogens with two attached hydrogens (primary N) is 1. The van der Waals surface area contributed by atoms with Crippen LogP contribution < -0.4 is 11.1 Å². The zero-order valence-corrected chi connectivity index (χ0v) is 18.3. The number of aromatic nitrogens is 2. The molecule has 156 valence electrons. The summed E-state index contributed by atoms with van der Waals surface area (Å²) in [4.78, 5) is 15.9. The molecule has 3 N–H and O–H groups in total. The Balaban J connectivity index is 1.53. The second-order valence-corrected chi connectivity index (χ2v) is 8.33. The van der Waals surface area contributed by atoms with Crippen LogP contribution in [-0.4, -0.2) is 47.8 Å². The van der Waals surface area contributed by atoms with Gasteiger partial charge in [-0.1, -0.05) is 11.6 Å². The number of nitrogen functional groups attached to an aromatic ring is 1. The van der Waals surface area contributed by atoms with Gasteiger partial charge in [0.15, 0.2) is 0 Å². The molecular formula is C22H31ClN6. The maximum Gasteiger partial charge on any atom is 0.222 e. The summed E-state index contributed by atoms with van der Waals surface area (Å²) < 4.78 is 0. The lowest BCUT2D eigenvalue weighted by Crippen LogP contribution is -2.30. The van der Waals surface area contributed by atoms with Gasteiger partial charge in [0.2, 0.25) is 5.95 Å². The van der Waals surface area contributed by atoms with Crippen LogP contribution in [0.2, 0.25) is 5.02 Å². The van der Waals surface area contributed by atoms with Crippen LogP contribution in [0.5, 0.6) is 0 Å². The van der Waals surface area contributed by atoms with E-state index in [1.807, 2.05) is 13.8 Å². The van der Waals surface area contributed by atoms with Gasteiger partial charge in [-0.25, -0.2) is 9.97 Å². The monoisotopic (exact) mass is 414 g/mol. The second kappa shape index (κ2) is 10.0. The molecule has 2 aromatic rings. The van der Waals surface area contributed by atoms with Crippen LogP contribution in [0.1, 0.15) is 42.5 Å². The molecule has 2 heterocycles. The Kier molecular flexibility index (Phi) is 7.45. The van der Waals surface area contributed by atoms with Crippen LogP contribution in [0, 0.1) is 19.8 Å². The molecule has 0 spiro atoms. The van der Waals surface area contributed by atoms with E-state index in [1.54, 1.807) is 24.5 Å². The SMILES string of the molecule is Cc1nc(NCCCC2CCN(C)CC2)ncc1C=Nc1c(N)ccc(Cl)c1C. The number of hydrogen-bond donors (Lipinski definition) is 2. The smallest absolute Gasteiger partial charge is 0.222 e. The highest BCUT2D eigenvalue weighted by atomic mass is 35.5. The minimum absolute atomic E-state index is 0.601. The van der Waals surface area contributed by atoms with Crippen LogP contribution in [0.3, 0.4) is 0 Å². The highest BCUT2D eigenvalue weighted by Crippen LogP contribution is 2.31. The zero-order chi connectivity index (χ0) is 20.8. The quantitative estimate of drug-likeness (QED) is 0.392. The van der Waals surface area contributed by atoms with E-state index in [0.29, 0.717) is 22.3 Å². The van der Waals surface area contributed by atoms with Crippen molar-refractivity contribution >= 4 is 35.1 Å². The average Bonchev–Trinajstić information content (AvgIpc) is 2.71. The third-order valence-electron chi connectivity index (χ3n) is 5.66. The summed E-state index contributed by atoms with van der Waals surface area (Å²) in [5.74, 6) is 1.53. The Morgan fingerprint density at radius 1 is 1.31 bits per heavy atom. The van der Waals surface area contributed by atoms with Crippen molar-refractivity contribution in [2.75, 3.05) is 37.7 Å². The minimum atomic E-state index is 0.601. The predicted octanol–water partition coefficient (Wildman–Crippen LogP) is 4.61. The van der Waals surface area contributed by atoms with Gasteiger partial charge in [0, 0.05) is 29.5 Å². The van der Waals surface area contributed by atoms with Gasteiger partial charge in [-0.05, 0) is 83.3 Å². The first-order valence-corrected chi connectivity index (χ1v) is 10.7. The van der Waals surface area contributed by atoms with Crippen molar-refractivity contribution in [3.63, 3.8) is 0 Å². The Hall–Kier alpha value is -2.18. The number of hydrogen-bond acceptors (Lipinski definition) is 6. The van der Waals surface area contributed by atoms with E-state index < -0.39 is 0 Å². The van der Waals surface area contributed by atoms with Gasteiger partial charge in [0.25, 0.3) is 0 Å². The summed E-state index contributed by atoms with van der Waals surface area (Å²) in [5, 5.41) is 4.00. The number of piperidine rings is 1. The van der Waals surface area contributed by atoms with E-state index in [-0.39, 0.29) is 0 Å². The Morgan fingerprint density at radius 3 is 2.79 bits per heavy atom. The third-order valence-corrected chi connectivity index (χ3v) is 6.07. The van der Waals surface area contributed by atoms with E-state index in [1.165, 1.54) is 32.4 Å². The molecule has 0 saturated carbocycles. The van der Waals surface area contributed by atoms with Crippen molar-refractivity contribution in [2.24, 2.45) is 10.9 Å². The summed E-state index contributed by atoms with van der Waals surface area (Å²) in [6.07, 6.45) is 8.58. The average molecular weight is 415 g/mol. The Labute approximate surface area is 178 Å². The summed E-state index contributed by atoms with van der Waals surface area (Å²) >= 11 is 6.17. The van der Waals surface area contributed by atoms with E-state index in [9.17, 15) is 0 Å². The maximum atomic E-state index is 6.17. The van der Waals surface area contributed by atoms with Crippen LogP contribution in [0.4, 0.5) is 17.3 Å². The summed E-state index contributed by atoms with van der Waals surface area (Å²) in [7, 11) is 2.21. The molecule has 0 aliphatic carbocycles. The molecule has 1 aliphatic heterocycles. The zero-order valence-electron chi connectivity index (χ0n) is 17.6. The van der Waals surface area contributed by atoms with Gasteiger partial charge in [-0.3, -0.25) is 4.99 Å². The first-order valence-electron chi connectivity index (χ1n) is 10.3. The summed E-state index contributed by atoms with van der Waals surface area (Å²) in [5.41, 5.74) is 9.92. The molecule has 1 aromatic heterocycles. The number of anilines is 2. The van der Waals surface area contributed by atoms with E-state index in [2.05, 4.69) is 32.2 Å². The van der Waals surface area contributed by atoms with E-state index in [4.69, 9.17) is 17.3 Å². The van der Waals surface area contributed by atoms with Crippen molar-refractivity contribution in [1.29, 1.82) is 0 Å². The van der Waals surface area contributed by atoms with Crippen LogP contribution in [0.25, 0.3) is 0 Å². The number of likely N-dealkylation sites (tertiary alicyclic amines) is 1. The Bertz CT molecular complexity index is 859. The van der Waals surface area contributed by atoms with Gasteiger partial charge in [-0.2, -0.15) is 0 Å². The molecule has 3 rings (SSSR count). The molecule has 29 heavy (non-hydrogen) atoms. The van der Waals surface area contributed by atoms with Gasteiger partial charge in [0.05, 0.1) is 17.1 Å². The van der Waals surface area contributed by atoms with Gasteiger partial charge < -0.3 is 16.0 Å². The third kappa shape index (κ3) is 5.90. The number of aryl methyl sites for hydroxylation is 1. The number of halogens is 1. The van der Waals surface area contributed by atoms with Crippen LogP contribution >= 0.6 is 11.6 Å². The predicted molar refractivity (Wildman–Crippen MR) is 123 cm³/mol. The molecule has 0 atom stereocenters. The molecule has 1 saturated heterocycles. The minimum Gasteiger partial charge on any atom is -0.397 e. The fourth-order valence-corrected chi connectivity index (χ4v) is 3.78. The van der Waals surface area contributed by atoms with Gasteiger partial charge >= 0.3 is 0 Å².